The zero-order valence-electron chi connectivity index (χ0n) is 14.9. The van der Waals surface area contributed by atoms with Crippen molar-refractivity contribution in [3.8, 4) is 0 Å². The molecule has 2 saturated heterocycles. The Kier molecular flexibility index (Phi) is 6.51. The molecule has 2 aliphatic rings. The Morgan fingerprint density at radius 2 is 2.25 bits per heavy atom. The molecular weight excluding hydrogens is 320 g/mol. The summed E-state index contributed by atoms with van der Waals surface area (Å²) in [6, 6.07) is 5.01. The van der Waals surface area contributed by atoms with Gasteiger partial charge in [0.15, 0.2) is 5.96 Å². The Balaban J connectivity index is 1.44. The smallest absolute Gasteiger partial charge is 0.193 e. The fraction of sp³-hybridized carbons (Fsp3) is 0.722. The Bertz CT molecular complexity index is 513. The van der Waals surface area contributed by atoms with Crippen molar-refractivity contribution in [1.29, 1.82) is 0 Å². The average Bonchev–Trinajstić information content (AvgIpc) is 3.28. The van der Waals surface area contributed by atoms with Crippen molar-refractivity contribution in [2.75, 3.05) is 53.0 Å². The van der Waals surface area contributed by atoms with Gasteiger partial charge in [-0.15, -0.1) is 11.3 Å². The van der Waals surface area contributed by atoms with Crippen LogP contribution >= 0.6 is 11.3 Å². The highest BCUT2D eigenvalue weighted by atomic mass is 32.1. The second-order valence-corrected chi connectivity index (χ2v) is 7.89. The van der Waals surface area contributed by atoms with Gasteiger partial charge in [0.1, 0.15) is 0 Å². The van der Waals surface area contributed by atoms with E-state index in [-0.39, 0.29) is 0 Å². The number of nitrogens with one attached hydrogen (secondary N) is 1. The number of aliphatic imine (C=N–C) groups is 1. The third-order valence-corrected chi connectivity index (χ3v) is 5.87. The maximum atomic E-state index is 5.47. The van der Waals surface area contributed by atoms with E-state index in [2.05, 4.69) is 44.5 Å². The van der Waals surface area contributed by atoms with Crippen molar-refractivity contribution in [2.45, 2.75) is 25.8 Å². The van der Waals surface area contributed by atoms with E-state index in [1.54, 1.807) is 0 Å². The molecule has 0 saturated carbocycles. The van der Waals surface area contributed by atoms with Crippen LogP contribution in [0.5, 0.6) is 0 Å². The molecule has 3 heterocycles. The molecule has 2 atom stereocenters. The van der Waals surface area contributed by atoms with Gasteiger partial charge in [-0.3, -0.25) is 9.89 Å². The molecule has 0 spiro atoms. The molecule has 0 amide bonds. The van der Waals surface area contributed by atoms with Gasteiger partial charge in [-0.1, -0.05) is 13.0 Å². The lowest BCUT2D eigenvalue weighted by Crippen LogP contribution is -2.47. The highest BCUT2D eigenvalue weighted by Gasteiger charge is 2.30. The zero-order valence-corrected chi connectivity index (χ0v) is 15.7. The van der Waals surface area contributed by atoms with Gasteiger partial charge in [-0.25, -0.2) is 0 Å². The first-order valence-electron chi connectivity index (χ1n) is 9.06. The molecule has 0 aromatic carbocycles. The first-order valence-corrected chi connectivity index (χ1v) is 9.94. The van der Waals surface area contributed by atoms with Crippen molar-refractivity contribution in [2.24, 2.45) is 10.9 Å². The molecule has 5 nitrogen and oxygen atoms in total. The van der Waals surface area contributed by atoms with Gasteiger partial charge in [0.2, 0.25) is 0 Å². The normalized spacial score (nSPS) is 24.3. The van der Waals surface area contributed by atoms with E-state index in [0.717, 1.165) is 58.3 Å². The lowest BCUT2D eigenvalue weighted by molar-refractivity contribution is 0.0195. The van der Waals surface area contributed by atoms with E-state index < -0.39 is 0 Å². The molecule has 2 fully saturated rings. The molecule has 0 aliphatic carbocycles. The van der Waals surface area contributed by atoms with Crippen LogP contribution in [0.3, 0.4) is 0 Å². The maximum absolute atomic E-state index is 5.47. The summed E-state index contributed by atoms with van der Waals surface area (Å²) < 4.78 is 5.47. The molecule has 134 valence electrons. The Hall–Kier alpha value is -1.11. The lowest BCUT2D eigenvalue weighted by Gasteiger charge is -2.32. The Morgan fingerprint density at radius 1 is 1.42 bits per heavy atom. The molecule has 0 radical (unpaired) electrons. The summed E-state index contributed by atoms with van der Waals surface area (Å²) in [5.74, 6) is 1.67. The molecule has 2 aliphatic heterocycles. The third-order valence-electron chi connectivity index (χ3n) is 4.98. The third kappa shape index (κ3) is 4.71. The van der Waals surface area contributed by atoms with Gasteiger partial charge in [-0.2, -0.15) is 0 Å². The quantitative estimate of drug-likeness (QED) is 0.650. The highest BCUT2D eigenvalue weighted by Crippen LogP contribution is 2.17. The van der Waals surface area contributed by atoms with Crippen LogP contribution in [0.15, 0.2) is 22.5 Å². The van der Waals surface area contributed by atoms with Crippen LogP contribution in [0.2, 0.25) is 0 Å². The first-order chi connectivity index (χ1) is 11.8. The van der Waals surface area contributed by atoms with Crippen LogP contribution < -0.4 is 5.32 Å². The summed E-state index contributed by atoms with van der Waals surface area (Å²) in [6.45, 7) is 9.36. The number of nitrogens with zero attached hydrogens (tertiary/aromatic N) is 3. The summed E-state index contributed by atoms with van der Waals surface area (Å²) in [5, 5.41) is 5.74. The van der Waals surface area contributed by atoms with Crippen molar-refractivity contribution in [1.82, 2.24) is 15.1 Å². The van der Waals surface area contributed by atoms with Gasteiger partial charge in [0.05, 0.1) is 13.2 Å². The molecule has 6 heteroatoms. The van der Waals surface area contributed by atoms with Crippen LogP contribution in [0.25, 0.3) is 0 Å². The summed E-state index contributed by atoms with van der Waals surface area (Å²) >= 11 is 1.85. The highest BCUT2D eigenvalue weighted by molar-refractivity contribution is 7.09. The van der Waals surface area contributed by atoms with E-state index in [0.29, 0.717) is 12.0 Å². The molecule has 3 rings (SSSR count). The van der Waals surface area contributed by atoms with Crippen molar-refractivity contribution >= 4 is 17.3 Å². The topological polar surface area (TPSA) is 40.1 Å². The summed E-state index contributed by atoms with van der Waals surface area (Å²) in [5.41, 5.74) is 0. The van der Waals surface area contributed by atoms with E-state index in [1.807, 2.05) is 18.4 Å². The van der Waals surface area contributed by atoms with Crippen molar-refractivity contribution in [3.05, 3.63) is 22.4 Å². The van der Waals surface area contributed by atoms with Gasteiger partial charge < -0.3 is 15.0 Å². The predicted molar refractivity (Wildman–Crippen MR) is 101 cm³/mol. The van der Waals surface area contributed by atoms with Crippen LogP contribution in [0.1, 0.15) is 18.2 Å². The molecular formula is C18H30N4OS. The Labute approximate surface area is 149 Å². The van der Waals surface area contributed by atoms with Crippen LogP contribution in [0, 0.1) is 5.92 Å². The number of rotatable bonds is 5. The molecule has 2 unspecified atom stereocenters. The van der Waals surface area contributed by atoms with Crippen molar-refractivity contribution in [3.63, 3.8) is 0 Å². The minimum absolute atomic E-state index is 0.609. The van der Waals surface area contributed by atoms with Gasteiger partial charge in [-0.05, 0) is 30.2 Å². The van der Waals surface area contributed by atoms with Crippen molar-refractivity contribution < 1.29 is 4.74 Å². The van der Waals surface area contributed by atoms with Crippen LogP contribution in [-0.4, -0.2) is 74.8 Å². The van der Waals surface area contributed by atoms with E-state index in [4.69, 9.17) is 4.74 Å². The molecule has 1 aromatic rings. The number of morpholine rings is 1. The largest absolute Gasteiger partial charge is 0.379 e. The monoisotopic (exact) mass is 350 g/mol. The minimum Gasteiger partial charge on any atom is -0.379 e. The van der Waals surface area contributed by atoms with E-state index in [1.165, 1.54) is 11.3 Å². The van der Waals surface area contributed by atoms with Gasteiger partial charge >= 0.3 is 0 Å². The number of thiophene rings is 1. The predicted octanol–water partition coefficient (Wildman–Crippen LogP) is 1.91. The second kappa shape index (κ2) is 8.83. The fourth-order valence-corrected chi connectivity index (χ4v) is 4.49. The number of hydrogen-bond donors (Lipinski definition) is 1. The van der Waals surface area contributed by atoms with Crippen LogP contribution in [-0.2, 0) is 11.2 Å². The number of guanidine groups is 1. The van der Waals surface area contributed by atoms with E-state index in [9.17, 15) is 0 Å². The lowest BCUT2D eigenvalue weighted by atomic mass is 10.1. The number of hydrogen-bond acceptors (Lipinski definition) is 4. The molecule has 1 aromatic heterocycles. The molecule has 1 N–H and O–H groups in total. The maximum Gasteiger partial charge on any atom is 0.193 e. The second-order valence-electron chi connectivity index (χ2n) is 6.85. The molecule has 24 heavy (non-hydrogen) atoms. The molecule has 0 bridgehead atoms. The summed E-state index contributed by atoms with van der Waals surface area (Å²) in [4.78, 5) is 11.0. The van der Waals surface area contributed by atoms with Gasteiger partial charge in [0.25, 0.3) is 0 Å². The summed E-state index contributed by atoms with van der Waals surface area (Å²) in [6.07, 6.45) is 2.36. The number of likely N-dealkylation sites (tertiary alicyclic amines) is 1. The SMILES string of the molecule is CN=C(NCC(C)Cc1cccs1)N1CCC(N2CCOCC2)C1. The fourth-order valence-electron chi connectivity index (χ4n) is 3.62. The standard InChI is InChI=1S/C18H30N4OS/c1-15(12-17-4-3-11-24-17)13-20-18(19-2)22-6-5-16(14-22)21-7-9-23-10-8-21/h3-4,11,15-16H,5-10,12-14H2,1-2H3,(H,19,20). The summed E-state index contributed by atoms with van der Waals surface area (Å²) in [7, 11) is 1.90. The zero-order chi connectivity index (χ0) is 16.8. The number of ether oxygens (including phenoxy) is 1. The first kappa shape index (κ1) is 17.7. The van der Waals surface area contributed by atoms with Gasteiger partial charge in [0, 0.05) is 50.7 Å². The van der Waals surface area contributed by atoms with E-state index >= 15 is 0 Å². The Morgan fingerprint density at radius 3 is 2.96 bits per heavy atom. The van der Waals surface area contributed by atoms with Crippen LogP contribution in [0.4, 0.5) is 0 Å². The average molecular weight is 351 g/mol. The minimum atomic E-state index is 0.609.